The second kappa shape index (κ2) is 3.45. The average molecular weight is 233 g/mol. The van der Waals surface area contributed by atoms with Crippen LogP contribution in [0.5, 0.6) is 6.01 Å². The van der Waals surface area contributed by atoms with E-state index in [0.29, 0.717) is 6.01 Å². The van der Waals surface area contributed by atoms with Gasteiger partial charge in [-0.3, -0.25) is 0 Å². The number of para-hydroxylation sites is 2. The first kappa shape index (κ1) is 9.59. The first-order valence-corrected chi connectivity index (χ1v) is 5.92. The van der Waals surface area contributed by atoms with Crippen LogP contribution in [0, 0.1) is 0 Å². The summed E-state index contributed by atoms with van der Waals surface area (Å²) in [7, 11) is 0. The Kier molecular flexibility index (Phi) is 2.07. The number of hydrogen-bond acceptors (Lipinski definition) is 4. The van der Waals surface area contributed by atoms with E-state index in [2.05, 4.69) is 9.36 Å². The number of ether oxygens (including phenoxy) is 1. The molecule has 82 valence electrons. The lowest BCUT2D eigenvalue weighted by Gasteiger charge is -2.05. The largest absolute Gasteiger partial charge is 0.461 e. The maximum Gasteiger partial charge on any atom is 0.314 e. The molecule has 0 unspecified atom stereocenters. The van der Waals surface area contributed by atoms with E-state index in [4.69, 9.17) is 4.74 Å². The lowest BCUT2D eigenvalue weighted by molar-refractivity contribution is 0.223. The third kappa shape index (κ3) is 1.36. The SMILES string of the molecule is CC(C)Oc1nsc2nc3ccccc3n12. The van der Waals surface area contributed by atoms with Crippen LogP contribution in [0.15, 0.2) is 24.3 Å². The molecule has 2 aromatic heterocycles. The van der Waals surface area contributed by atoms with Crippen molar-refractivity contribution >= 4 is 27.5 Å². The number of rotatable bonds is 2. The molecule has 0 aliphatic carbocycles. The zero-order valence-corrected chi connectivity index (χ0v) is 9.86. The molecule has 3 aromatic rings. The van der Waals surface area contributed by atoms with Gasteiger partial charge in [0.05, 0.1) is 17.1 Å². The molecular weight excluding hydrogens is 222 g/mol. The molecule has 0 bridgehead atoms. The Morgan fingerprint density at radius 2 is 2.12 bits per heavy atom. The molecule has 1 aromatic carbocycles. The Morgan fingerprint density at radius 1 is 1.31 bits per heavy atom. The number of imidazole rings is 1. The van der Waals surface area contributed by atoms with E-state index in [1.54, 1.807) is 0 Å². The number of benzene rings is 1. The van der Waals surface area contributed by atoms with Crippen molar-refractivity contribution in [2.45, 2.75) is 20.0 Å². The molecule has 4 nitrogen and oxygen atoms in total. The summed E-state index contributed by atoms with van der Waals surface area (Å²) in [6, 6.07) is 8.62. The van der Waals surface area contributed by atoms with Crippen molar-refractivity contribution in [2.75, 3.05) is 0 Å². The second-order valence-electron chi connectivity index (χ2n) is 3.85. The van der Waals surface area contributed by atoms with Crippen LogP contribution >= 0.6 is 11.5 Å². The average Bonchev–Trinajstić information content (AvgIpc) is 2.77. The summed E-state index contributed by atoms with van der Waals surface area (Å²) in [6.07, 6.45) is 0.117. The molecule has 0 aliphatic rings. The van der Waals surface area contributed by atoms with Crippen LogP contribution in [-0.2, 0) is 0 Å². The Balaban J connectivity index is 2.30. The maximum absolute atomic E-state index is 5.66. The highest BCUT2D eigenvalue weighted by atomic mass is 32.1. The molecule has 16 heavy (non-hydrogen) atoms. The summed E-state index contributed by atoms with van der Waals surface area (Å²) in [5.41, 5.74) is 2.02. The maximum atomic E-state index is 5.66. The van der Waals surface area contributed by atoms with Crippen molar-refractivity contribution in [1.29, 1.82) is 0 Å². The van der Waals surface area contributed by atoms with Crippen molar-refractivity contribution in [3.05, 3.63) is 24.3 Å². The van der Waals surface area contributed by atoms with Gasteiger partial charge in [0, 0.05) is 11.5 Å². The van der Waals surface area contributed by atoms with Gasteiger partial charge in [-0.1, -0.05) is 12.1 Å². The zero-order valence-electron chi connectivity index (χ0n) is 9.04. The highest BCUT2D eigenvalue weighted by Gasteiger charge is 2.13. The smallest absolute Gasteiger partial charge is 0.314 e. The van der Waals surface area contributed by atoms with E-state index in [0.717, 1.165) is 16.0 Å². The molecule has 5 heteroatoms. The standard InChI is InChI=1S/C11H11N3OS/c1-7(2)15-10-13-16-11-12-8-5-3-4-6-9(8)14(10)11/h3-7H,1-2H3. The molecule has 2 heterocycles. The van der Waals surface area contributed by atoms with Crippen LogP contribution in [0.1, 0.15) is 13.8 Å². The number of aromatic nitrogens is 3. The lowest BCUT2D eigenvalue weighted by Crippen LogP contribution is -2.07. The van der Waals surface area contributed by atoms with Gasteiger partial charge >= 0.3 is 6.01 Å². The van der Waals surface area contributed by atoms with E-state index in [9.17, 15) is 0 Å². The summed E-state index contributed by atoms with van der Waals surface area (Å²) >= 11 is 1.36. The molecular formula is C11H11N3OS. The highest BCUT2D eigenvalue weighted by molar-refractivity contribution is 7.11. The first-order chi connectivity index (χ1) is 7.75. The van der Waals surface area contributed by atoms with Crippen molar-refractivity contribution in [3.8, 4) is 6.01 Å². The molecule has 0 saturated heterocycles. The van der Waals surface area contributed by atoms with Gasteiger partial charge in [-0.25, -0.2) is 9.38 Å². The Labute approximate surface area is 96.7 Å². The van der Waals surface area contributed by atoms with Crippen LogP contribution in [0.2, 0.25) is 0 Å². The van der Waals surface area contributed by atoms with E-state index in [-0.39, 0.29) is 6.10 Å². The Morgan fingerprint density at radius 3 is 2.94 bits per heavy atom. The minimum Gasteiger partial charge on any atom is -0.461 e. The monoisotopic (exact) mass is 233 g/mol. The van der Waals surface area contributed by atoms with E-state index in [1.807, 2.05) is 42.5 Å². The van der Waals surface area contributed by atoms with E-state index in [1.165, 1.54) is 11.5 Å². The third-order valence-corrected chi connectivity index (χ3v) is 2.95. The van der Waals surface area contributed by atoms with Crippen LogP contribution in [0.25, 0.3) is 16.0 Å². The predicted octanol–water partition coefficient (Wildman–Crippen LogP) is 2.73. The van der Waals surface area contributed by atoms with E-state index >= 15 is 0 Å². The molecule has 0 atom stereocenters. The highest BCUT2D eigenvalue weighted by Crippen LogP contribution is 2.25. The van der Waals surface area contributed by atoms with Crippen molar-refractivity contribution in [3.63, 3.8) is 0 Å². The summed E-state index contributed by atoms with van der Waals surface area (Å²) in [5, 5.41) is 0. The summed E-state index contributed by atoms with van der Waals surface area (Å²) in [6.45, 7) is 3.98. The molecule has 0 saturated carbocycles. The normalized spacial score (nSPS) is 11.7. The summed E-state index contributed by atoms with van der Waals surface area (Å²) in [5.74, 6) is 0. The van der Waals surface area contributed by atoms with Gasteiger partial charge in [0.15, 0.2) is 0 Å². The van der Waals surface area contributed by atoms with Crippen LogP contribution < -0.4 is 4.74 Å². The molecule has 0 spiro atoms. The van der Waals surface area contributed by atoms with Gasteiger partial charge in [-0.05, 0) is 26.0 Å². The zero-order chi connectivity index (χ0) is 11.1. The molecule has 0 amide bonds. The minimum absolute atomic E-state index is 0.117. The van der Waals surface area contributed by atoms with Crippen molar-refractivity contribution < 1.29 is 4.74 Å². The number of hydrogen-bond donors (Lipinski definition) is 0. The second-order valence-corrected chi connectivity index (χ2v) is 4.58. The van der Waals surface area contributed by atoms with Crippen LogP contribution in [0.3, 0.4) is 0 Å². The van der Waals surface area contributed by atoms with Crippen molar-refractivity contribution in [2.24, 2.45) is 0 Å². The van der Waals surface area contributed by atoms with Gasteiger partial charge in [-0.2, -0.15) is 0 Å². The fourth-order valence-electron chi connectivity index (χ4n) is 1.66. The first-order valence-electron chi connectivity index (χ1n) is 5.15. The topological polar surface area (TPSA) is 39.4 Å². The van der Waals surface area contributed by atoms with Crippen molar-refractivity contribution in [1.82, 2.24) is 13.8 Å². The summed E-state index contributed by atoms with van der Waals surface area (Å²) < 4.78 is 11.9. The predicted molar refractivity (Wildman–Crippen MR) is 64.1 cm³/mol. The summed E-state index contributed by atoms with van der Waals surface area (Å²) in [4.78, 5) is 5.35. The Bertz CT molecular complexity index is 641. The van der Waals surface area contributed by atoms with Crippen LogP contribution in [-0.4, -0.2) is 19.9 Å². The fourth-order valence-corrected chi connectivity index (χ4v) is 2.34. The minimum atomic E-state index is 0.117. The van der Waals surface area contributed by atoms with Gasteiger partial charge in [0.1, 0.15) is 0 Å². The molecule has 0 radical (unpaired) electrons. The molecule has 0 fully saturated rings. The quantitative estimate of drug-likeness (QED) is 0.683. The third-order valence-electron chi connectivity index (χ3n) is 2.27. The van der Waals surface area contributed by atoms with Gasteiger partial charge < -0.3 is 4.74 Å². The van der Waals surface area contributed by atoms with Gasteiger partial charge in [-0.15, -0.1) is 4.37 Å². The van der Waals surface area contributed by atoms with E-state index < -0.39 is 0 Å². The number of fused-ring (bicyclic) bond motifs is 3. The fraction of sp³-hybridized carbons (Fsp3) is 0.273. The lowest BCUT2D eigenvalue weighted by atomic mass is 10.3. The molecule has 0 N–H and O–H groups in total. The van der Waals surface area contributed by atoms with Gasteiger partial charge in [0.2, 0.25) is 4.96 Å². The Hall–Kier alpha value is -1.62. The molecule has 3 rings (SSSR count). The number of nitrogens with zero attached hydrogens (tertiary/aromatic N) is 3. The van der Waals surface area contributed by atoms with Crippen LogP contribution in [0.4, 0.5) is 0 Å². The van der Waals surface area contributed by atoms with Gasteiger partial charge in [0.25, 0.3) is 0 Å². The molecule has 0 aliphatic heterocycles.